The van der Waals surface area contributed by atoms with E-state index in [1.807, 2.05) is 49.5 Å². The van der Waals surface area contributed by atoms with Crippen LogP contribution in [0.15, 0.2) is 107 Å². The molecule has 0 N–H and O–H groups in total. The number of thioether (sulfide) groups is 1. The predicted octanol–water partition coefficient (Wildman–Crippen LogP) is 6.77. The van der Waals surface area contributed by atoms with E-state index < -0.39 is 0 Å². The lowest BCUT2D eigenvalue weighted by Gasteiger charge is -2.14. The Bertz CT molecular complexity index is 1260. The second-order valence-electron chi connectivity index (χ2n) is 7.12. The molecule has 0 saturated carbocycles. The highest BCUT2D eigenvalue weighted by molar-refractivity contribution is 8.03. The van der Waals surface area contributed by atoms with E-state index in [0.29, 0.717) is 5.56 Å². The van der Waals surface area contributed by atoms with Crippen LogP contribution in [0, 0.1) is 0 Å². The summed E-state index contributed by atoms with van der Waals surface area (Å²) in [6.07, 6.45) is 1.75. The van der Waals surface area contributed by atoms with Crippen LogP contribution in [0.5, 0.6) is 0 Å². The van der Waals surface area contributed by atoms with Crippen molar-refractivity contribution in [3.8, 4) is 11.1 Å². The van der Waals surface area contributed by atoms with Crippen LogP contribution in [0.3, 0.4) is 0 Å². The number of benzene rings is 4. The largest absolute Gasteiger partial charge is 0.338 e. The maximum Gasteiger partial charge on any atom is 0.188 e. The van der Waals surface area contributed by atoms with Gasteiger partial charge >= 0.3 is 0 Å². The molecule has 0 radical (unpaired) electrons. The van der Waals surface area contributed by atoms with E-state index in [9.17, 15) is 4.79 Å². The Morgan fingerprint density at radius 3 is 2.38 bits per heavy atom. The Morgan fingerprint density at radius 1 is 0.793 bits per heavy atom. The Morgan fingerprint density at radius 2 is 1.55 bits per heavy atom. The van der Waals surface area contributed by atoms with Crippen LogP contribution in [-0.2, 0) is 0 Å². The minimum atomic E-state index is 0.0289. The number of allylic oxidation sites excluding steroid dienone is 1. The standard InChI is InChI=1S/C26H19NOS/c1-27-23-16-21(18-7-3-2-4-8-18)13-14-25(23)29-26(27)17-24(28)22-12-11-19-9-5-6-10-20(19)15-22/h2-17H,1H3. The van der Waals surface area contributed by atoms with Crippen LogP contribution in [0.1, 0.15) is 10.4 Å². The topological polar surface area (TPSA) is 20.3 Å². The zero-order valence-electron chi connectivity index (χ0n) is 16.0. The normalized spacial score (nSPS) is 14.4. The van der Waals surface area contributed by atoms with E-state index in [-0.39, 0.29) is 5.78 Å². The minimum absolute atomic E-state index is 0.0289. The Balaban J connectivity index is 1.45. The third-order valence-electron chi connectivity index (χ3n) is 5.26. The van der Waals surface area contributed by atoms with Gasteiger partial charge in [0.2, 0.25) is 0 Å². The molecule has 0 bridgehead atoms. The summed E-state index contributed by atoms with van der Waals surface area (Å²) in [5.74, 6) is 0.0289. The fourth-order valence-electron chi connectivity index (χ4n) is 3.64. The van der Waals surface area contributed by atoms with Gasteiger partial charge in [0.05, 0.1) is 10.7 Å². The molecule has 0 spiro atoms. The Kier molecular flexibility index (Phi) is 4.45. The summed E-state index contributed by atoms with van der Waals surface area (Å²) in [7, 11) is 2.02. The average Bonchev–Trinajstić information content (AvgIpc) is 3.08. The zero-order valence-corrected chi connectivity index (χ0v) is 16.8. The Hall–Kier alpha value is -3.30. The second kappa shape index (κ2) is 7.26. The molecule has 0 atom stereocenters. The summed E-state index contributed by atoms with van der Waals surface area (Å²) in [5, 5.41) is 3.17. The first-order valence-electron chi connectivity index (χ1n) is 9.55. The summed E-state index contributed by atoms with van der Waals surface area (Å²) < 4.78 is 0. The monoisotopic (exact) mass is 393 g/mol. The van der Waals surface area contributed by atoms with Crippen LogP contribution in [0.25, 0.3) is 21.9 Å². The summed E-state index contributed by atoms with van der Waals surface area (Å²) >= 11 is 1.64. The lowest BCUT2D eigenvalue weighted by molar-refractivity contribution is 0.104. The summed E-state index contributed by atoms with van der Waals surface area (Å²) in [6, 6.07) is 30.8. The third-order valence-corrected chi connectivity index (χ3v) is 6.43. The molecule has 0 unspecified atom stereocenters. The van der Waals surface area contributed by atoms with Gasteiger partial charge in [0, 0.05) is 23.6 Å². The number of rotatable bonds is 3. The molecule has 1 aliphatic rings. The average molecular weight is 394 g/mol. The van der Waals surface area contributed by atoms with Crippen molar-refractivity contribution in [3.63, 3.8) is 0 Å². The third kappa shape index (κ3) is 3.34. The molecular formula is C26H19NOS. The quantitative estimate of drug-likeness (QED) is 0.283. The molecule has 0 aromatic heterocycles. The lowest BCUT2D eigenvalue weighted by atomic mass is 10.0. The number of carbonyl (C=O) groups excluding carboxylic acids is 1. The predicted molar refractivity (Wildman–Crippen MR) is 122 cm³/mol. The van der Waals surface area contributed by atoms with Crippen LogP contribution in [0.2, 0.25) is 0 Å². The highest BCUT2D eigenvalue weighted by atomic mass is 32.2. The van der Waals surface area contributed by atoms with E-state index in [0.717, 1.165) is 21.5 Å². The van der Waals surface area contributed by atoms with Gasteiger partial charge in [0.25, 0.3) is 0 Å². The fraction of sp³-hybridized carbons (Fsp3) is 0.0385. The molecule has 0 saturated heterocycles. The van der Waals surface area contributed by atoms with Crippen molar-refractivity contribution in [2.75, 3.05) is 11.9 Å². The molecule has 0 fully saturated rings. The first-order valence-corrected chi connectivity index (χ1v) is 10.4. The van der Waals surface area contributed by atoms with Gasteiger partial charge < -0.3 is 4.90 Å². The number of hydrogen-bond donors (Lipinski definition) is 0. The van der Waals surface area contributed by atoms with E-state index >= 15 is 0 Å². The second-order valence-corrected chi connectivity index (χ2v) is 8.18. The van der Waals surface area contributed by atoms with Gasteiger partial charge in [-0.3, -0.25) is 4.79 Å². The molecular weight excluding hydrogens is 374 g/mol. The van der Waals surface area contributed by atoms with Crippen molar-refractivity contribution < 1.29 is 4.79 Å². The molecule has 29 heavy (non-hydrogen) atoms. The molecule has 4 aromatic rings. The van der Waals surface area contributed by atoms with Crippen molar-refractivity contribution in [1.29, 1.82) is 0 Å². The van der Waals surface area contributed by atoms with Gasteiger partial charge in [-0.15, -0.1) is 0 Å². The van der Waals surface area contributed by atoms with Crippen LogP contribution in [-0.4, -0.2) is 12.8 Å². The van der Waals surface area contributed by atoms with Crippen LogP contribution >= 0.6 is 11.8 Å². The maximum absolute atomic E-state index is 12.9. The molecule has 2 nitrogen and oxygen atoms in total. The summed E-state index contributed by atoms with van der Waals surface area (Å²) in [4.78, 5) is 16.2. The molecule has 3 heteroatoms. The lowest BCUT2D eigenvalue weighted by Crippen LogP contribution is -2.11. The minimum Gasteiger partial charge on any atom is -0.338 e. The van der Waals surface area contributed by atoms with Gasteiger partial charge in [0.15, 0.2) is 5.78 Å². The molecule has 0 amide bonds. The van der Waals surface area contributed by atoms with Gasteiger partial charge in [-0.05, 0) is 40.1 Å². The SMILES string of the molecule is CN1C(=CC(=O)c2ccc3ccccc3c2)Sc2ccc(-c3ccccc3)cc21. The molecule has 5 rings (SSSR count). The number of nitrogens with zero attached hydrogens (tertiary/aromatic N) is 1. The number of fused-ring (bicyclic) bond motifs is 2. The van der Waals surface area contributed by atoms with Crippen molar-refractivity contribution in [3.05, 3.63) is 108 Å². The van der Waals surface area contributed by atoms with E-state index in [1.165, 1.54) is 16.0 Å². The van der Waals surface area contributed by atoms with Crippen molar-refractivity contribution in [2.45, 2.75) is 4.90 Å². The van der Waals surface area contributed by atoms with Crippen LogP contribution in [0.4, 0.5) is 5.69 Å². The molecule has 1 heterocycles. The van der Waals surface area contributed by atoms with Crippen molar-refractivity contribution in [2.24, 2.45) is 0 Å². The number of anilines is 1. The first-order chi connectivity index (χ1) is 14.2. The Labute approximate surface area is 174 Å². The molecule has 1 aliphatic heterocycles. The number of carbonyl (C=O) groups is 1. The molecule has 140 valence electrons. The molecule has 4 aromatic carbocycles. The van der Waals surface area contributed by atoms with Gasteiger partial charge in [-0.25, -0.2) is 0 Å². The van der Waals surface area contributed by atoms with E-state index in [1.54, 1.807) is 17.8 Å². The maximum atomic E-state index is 12.9. The van der Waals surface area contributed by atoms with Gasteiger partial charge in [-0.2, -0.15) is 0 Å². The van der Waals surface area contributed by atoms with E-state index in [4.69, 9.17) is 0 Å². The van der Waals surface area contributed by atoms with Gasteiger partial charge in [-0.1, -0.05) is 84.6 Å². The summed E-state index contributed by atoms with van der Waals surface area (Å²) in [5.41, 5.74) is 4.22. The van der Waals surface area contributed by atoms with Gasteiger partial charge in [0.1, 0.15) is 0 Å². The zero-order chi connectivity index (χ0) is 19.8. The van der Waals surface area contributed by atoms with E-state index in [2.05, 4.69) is 53.4 Å². The number of hydrogen-bond acceptors (Lipinski definition) is 3. The highest BCUT2D eigenvalue weighted by Gasteiger charge is 2.23. The highest BCUT2D eigenvalue weighted by Crippen LogP contribution is 2.46. The smallest absolute Gasteiger partial charge is 0.188 e. The molecule has 0 aliphatic carbocycles. The fourth-order valence-corrected chi connectivity index (χ4v) is 4.70. The van der Waals surface area contributed by atoms with Crippen molar-refractivity contribution in [1.82, 2.24) is 0 Å². The summed E-state index contributed by atoms with van der Waals surface area (Å²) in [6.45, 7) is 0. The van der Waals surface area contributed by atoms with Crippen molar-refractivity contribution >= 4 is 34.0 Å². The first kappa shape index (κ1) is 17.8. The van der Waals surface area contributed by atoms with Crippen LogP contribution < -0.4 is 4.90 Å². The number of ketones is 1.